The number of nitrogens with zero attached hydrogens (tertiary/aromatic N) is 1. The van der Waals surface area contributed by atoms with Gasteiger partial charge in [0.1, 0.15) is 0 Å². The fraction of sp³-hybridized carbons (Fsp3) is 0.979. The lowest BCUT2D eigenvalue weighted by molar-refractivity contribution is -0.150. The zero-order valence-corrected chi connectivity index (χ0v) is 35.8. The van der Waals surface area contributed by atoms with Crippen molar-refractivity contribution < 1.29 is 9.53 Å². The summed E-state index contributed by atoms with van der Waals surface area (Å²) in [6, 6.07) is 0. The zero-order valence-electron chi connectivity index (χ0n) is 35.8. The normalized spacial score (nSPS) is 13.7. The molecule has 0 aromatic rings. The van der Waals surface area contributed by atoms with E-state index < -0.39 is 0 Å². The molecule has 3 nitrogen and oxygen atoms in total. The monoisotopic (exact) mass is 706 g/mol. The molecule has 0 saturated carbocycles. The Morgan fingerprint density at radius 2 is 0.820 bits per heavy atom. The van der Waals surface area contributed by atoms with Crippen molar-refractivity contribution in [2.24, 2.45) is 23.7 Å². The predicted octanol–water partition coefficient (Wildman–Crippen LogP) is 15.5. The largest absolute Gasteiger partial charge is 0.465 e. The van der Waals surface area contributed by atoms with Crippen LogP contribution in [0.1, 0.15) is 247 Å². The number of hydrogen-bond donors (Lipinski definition) is 0. The second-order valence-corrected chi connectivity index (χ2v) is 17.2. The van der Waals surface area contributed by atoms with Gasteiger partial charge in [0, 0.05) is 0 Å². The first kappa shape index (κ1) is 49.4. The van der Waals surface area contributed by atoms with Gasteiger partial charge in [-0.25, -0.2) is 0 Å². The van der Waals surface area contributed by atoms with Crippen molar-refractivity contribution >= 4 is 5.97 Å². The number of carbonyl (C=O) groups is 1. The van der Waals surface area contributed by atoms with Crippen LogP contribution in [0.15, 0.2) is 0 Å². The standard InChI is InChI=1S/C47H95NO2/c1-8-10-12-14-16-18-20-22-24-26-28-30-32-34-38-46(39-35-33-31-29-27-25-23-21-19-17-15-13-11-9-2)42-43(3)44(4)45(5)47(49)50-41-37-36-40-48(6)7/h43-46H,8-42H2,1-7H3. The van der Waals surface area contributed by atoms with E-state index in [1.54, 1.807) is 0 Å². The first-order valence-electron chi connectivity index (χ1n) is 23.1. The SMILES string of the molecule is CCCCCCCCCCCCCCCCC(CCCCCCCCCCCCCCCC)CC(C)C(C)C(C)C(=O)OCCCCN(C)C. The summed E-state index contributed by atoms with van der Waals surface area (Å²) in [5.41, 5.74) is 0. The van der Waals surface area contributed by atoms with Gasteiger partial charge in [0.2, 0.25) is 0 Å². The van der Waals surface area contributed by atoms with Crippen LogP contribution in [0.3, 0.4) is 0 Å². The Morgan fingerprint density at radius 1 is 0.480 bits per heavy atom. The van der Waals surface area contributed by atoms with E-state index >= 15 is 0 Å². The first-order valence-corrected chi connectivity index (χ1v) is 23.1. The molecule has 0 spiro atoms. The molecule has 0 aromatic carbocycles. The smallest absolute Gasteiger partial charge is 0.308 e. The molecular formula is C47H95NO2. The van der Waals surface area contributed by atoms with Crippen LogP contribution in [0.5, 0.6) is 0 Å². The minimum Gasteiger partial charge on any atom is -0.465 e. The van der Waals surface area contributed by atoms with Gasteiger partial charge >= 0.3 is 5.97 Å². The molecule has 0 N–H and O–H groups in total. The molecule has 0 amide bonds. The number of esters is 1. The Balaban J connectivity index is 4.40. The van der Waals surface area contributed by atoms with E-state index in [4.69, 9.17) is 4.74 Å². The summed E-state index contributed by atoms with van der Waals surface area (Å²) < 4.78 is 5.72. The highest BCUT2D eigenvalue weighted by atomic mass is 16.5. The molecule has 0 aliphatic heterocycles. The number of hydrogen-bond acceptors (Lipinski definition) is 3. The summed E-state index contributed by atoms with van der Waals surface area (Å²) in [7, 11) is 4.20. The van der Waals surface area contributed by atoms with E-state index in [2.05, 4.69) is 53.6 Å². The molecule has 3 atom stereocenters. The number of carbonyl (C=O) groups excluding carboxylic acids is 1. The molecule has 50 heavy (non-hydrogen) atoms. The molecule has 0 aromatic heterocycles. The highest BCUT2D eigenvalue weighted by molar-refractivity contribution is 5.72. The maximum Gasteiger partial charge on any atom is 0.308 e. The summed E-state index contributed by atoms with van der Waals surface area (Å²) in [6.07, 6.45) is 46.2. The molecule has 3 heteroatoms. The average Bonchev–Trinajstić information content (AvgIpc) is 3.10. The molecule has 0 fully saturated rings. The summed E-state index contributed by atoms with van der Waals surface area (Å²) in [6.45, 7) is 13.1. The maximum absolute atomic E-state index is 12.9. The fourth-order valence-corrected chi connectivity index (χ4v) is 7.92. The molecule has 3 unspecified atom stereocenters. The molecule has 0 heterocycles. The molecule has 300 valence electrons. The molecule has 0 aliphatic carbocycles. The predicted molar refractivity (Wildman–Crippen MR) is 224 cm³/mol. The van der Waals surface area contributed by atoms with Gasteiger partial charge in [-0.15, -0.1) is 0 Å². The number of unbranched alkanes of at least 4 members (excludes halogenated alkanes) is 27. The van der Waals surface area contributed by atoms with Gasteiger partial charge in [0.15, 0.2) is 0 Å². The summed E-state index contributed by atoms with van der Waals surface area (Å²) >= 11 is 0. The minimum absolute atomic E-state index is 0.0124. The Morgan fingerprint density at radius 3 is 1.16 bits per heavy atom. The molecule has 0 bridgehead atoms. The van der Waals surface area contributed by atoms with Crippen molar-refractivity contribution in [2.75, 3.05) is 27.2 Å². The van der Waals surface area contributed by atoms with Crippen LogP contribution in [0, 0.1) is 23.7 Å². The second kappa shape index (κ2) is 38.2. The van der Waals surface area contributed by atoms with Crippen molar-refractivity contribution in [1.29, 1.82) is 0 Å². The van der Waals surface area contributed by atoms with Crippen molar-refractivity contribution in [3.8, 4) is 0 Å². The first-order chi connectivity index (χ1) is 24.3. The highest BCUT2D eigenvalue weighted by Crippen LogP contribution is 2.32. The van der Waals surface area contributed by atoms with E-state index in [1.165, 1.54) is 199 Å². The van der Waals surface area contributed by atoms with Gasteiger partial charge in [-0.2, -0.15) is 0 Å². The van der Waals surface area contributed by atoms with Gasteiger partial charge < -0.3 is 9.64 Å². The van der Waals surface area contributed by atoms with E-state index in [-0.39, 0.29) is 11.9 Å². The van der Waals surface area contributed by atoms with Crippen LogP contribution in [0.2, 0.25) is 0 Å². The summed E-state index contributed by atoms with van der Waals surface area (Å²) in [5.74, 6) is 1.76. The second-order valence-electron chi connectivity index (χ2n) is 17.2. The van der Waals surface area contributed by atoms with Crippen LogP contribution in [-0.4, -0.2) is 38.1 Å². The van der Waals surface area contributed by atoms with Crippen LogP contribution < -0.4 is 0 Å². The van der Waals surface area contributed by atoms with Crippen LogP contribution in [0.4, 0.5) is 0 Å². The number of ether oxygens (including phenoxy) is 1. The van der Waals surface area contributed by atoms with Gasteiger partial charge in [-0.3, -0.25) is 4.79 Å². The maximum atomic E-state index is 12.9. The van der Waals surface area contributed by atoms with Crippen LogP contribution in [-0.2, 0) is 9.53 Å². The lowest BCUT2D eigenvalue weighted by Crippen LogP contribution is -2.27. The molecule has 0 rings (SSSR count). The Labute approximate surface area is 317 Å². The van der Waals surface area contributed by atoms with Crippen LogP contribution >= 0.6 is 0 Å². The third-order valence-electron chi connectivity index (χ3n) is 11.9. The average molecular weight is 706 g/mol. The minimum atomic E-state index is -0.0124. The highest BCUT2D eigenvalue weighted by Gasteiger charge is 2.27. The van der Waals surface area contributed by atoms with E-state index in [0.717, 1.165) is 25.3 Å². The van der Waals surface area contributed by atoms with E-state index in [0.29, 0.717) is 18.4 Å². The fourth-order valence-electron chi connectivity index (χ4n) is 7.92. The van der Waals surface area contributed by atoms with Gasteiger partial charge in [0.05, 0.1) is 12.5 Å². The van der Waals surface area contributed by atoms with Crippen molar-refractivity contribution in [2.45, 2.75) is 247 Å². The molecule has 0 radical (unpaired) electrons. The van der Waals surface area contributed by atoms with E-state index in [9.17, 15) is 4.79 Å². The summed E-state index contributed by atoms with van der Waals surface area (Å²) in [4.78, 5) is 15.1. The quantitative estimate of drug-likeness (QED) is 0.0469. The Bertz CT molecular complexity index is 646. The topological polar surface area (TPSA) is 29.5 Å². The Kier molecular flexibility index (Phi) is 37.7. The molecular weight excluding hydrogens is 611 g/mol. The van der Waals surface area contributed by atoms with Gasteiger partial charge in [0.25, 0.3) is 0 Å². The van der Waals surface area contributed by atoms with Crippen molar-refractivity contribution in [1.82, 2.24) is 4.90 Å². The zero-order chi connectivity index (χ0) is 36.9. The lowest BCUT2D eigenvalue weighted by atomic mass is 9.77. The molecule has 0 saturated heterocycles. The van der Waals surface area contributed by atoms with Gasteiger partial charge in [-0.1, -0.05) is 227 Å². The number of rotatable bonds is 40. The van der Waals surface area contributed by atoms with E-state index in [1.807, 2.05) is 0 Å². The van der Waals surface area contributed by atoms with Gasteiger partial charge in [-0.05, 0) is 57.7 Å². The molecule has 0 aliphatic rings. The van der Waals surface area contributed by atoms with Crippen molar-refractivity contribution in [3.63, 3.8) is 0 Å². The lowest BCUT2D eigenvalue weighted by Gasteiger charge is -2.28. The van der Waals surface area contributed by atoms with Crippen LogP contribution in [0.25, 0.3) is 0 Å². The summed E-state index contributed by atoms with van der Waals surface area (Å²) in [5, 5.41) is 0. The third-order valence-corrected chi connectivity index (χ3v) is 11.9. The van der Waals surface area contributed by atoms with Crippen molar-refractivity contribution in [3.05, 3.63) is 0 Å². The Hall–Kier alpha value is -0.570. The third kappa shape index (κ3) is 33.3.